The number of rotatable bonds is 7. The number of ether oxygens (including phenoxy) is 3. The summed E-state index contributed by atoms with van der Waals surface area (Å²) in [6.45, 7) is 9.07. The smallest absolute Gasteiger partial charge is 0.231 e. The van der Waals surface area contributed by atoms with Gasteiger partial charge < -0.3 is 24.8 Å². The Bertz CT molecular complexity index is 865. The Balaban J connectivity index is 1.34. The molecule has 7 nitrogen and oxygen atoms in total. The van der Waals surface area contributed by atoms with Crippen molar-refractivity contribution in [2.24, 2.45) is 4.99 Å². The van der Waals surface area contributed by atoms with Crippen molar-refractivity contribution in [3.63, 3.8) is 0 Å². The molecule has 0 radical (unpaired) electrons. The van der Waals surface area contributed by atoms with E-state index in [1.54, 1.807) is 0 Å². The molecule has 2 aliphatic heterocycles. The third-order valence-electron chi connectivity index (χ3n) is 5.16. The van der Waals surface area contributed by atoms with Crippen molar-refractivity contribution in [3.8, 4) is 11.5 Å². The van der Waals surface area contributed by atoms with Gasteiger partial charge in [0.05, 0.1) is 19.8 Å². The van der Waals surface area contributed by atoms with E-state index in [0.29, 0.717) is 19.9 Å². The molecule has 0 amide bonds. The van der Waals surface area contributed by atoms with Crippen molar-refractivity contribution in [1.29, 1.82) is 0 Å². The van der Waals surface area contributed by atoms with E-state index in [0.717, 1.165) is 62.4 Å². The lowest BCUT2D eigenvalue weighted by Crippen LogP contribution is -2.36. The number of aliphatic imine (C=N–C) groups is 1. The van der Waals surface area contributed by atoms with Crippen molar-refractivity contribution in [3.05, 3.63) is 59.2 Å². The first-order chi connectivity index (χ1) is 14.8. The van der Waals surface area contributed by atoms with Crippen LogP contribution in [0.2, 0.25) is 0 Å². The van der Waals surface area contributed by atoms with Crippen LogP contribution in [0.15, 0.2) is 47.5 Å². The second kappa shape index (κ2) is 10.3. The summed E-state index contributed by atoms with van der Waals surface area (Å²) in [6, 6.07) is 14.7. The van der Waals surface area contributed by atoms with E-state index in [9.17, 15) is 0 Å². The zero-order chi connectivity index (χ0) is 20.6. The predicted molar refractivity (Wildman–Crippen MR) is 117 cm³/mol. The van der Waals surface area contributed by atoms with Gasteiger partial charge in [0, 0.05) is 32.7 Å². The van der Waals surface area contributed by atoms with E-state index in [1.807, 2.05) is 18.2 Å². The molecule has 2 aromatic rings. The standard InChI is InChI=1S/C23H30N4O3/c1-2-24-23(26-15-19-6-7-21-22(13-19)30-17-29-21)25-14-18-4-3-5-20(12-18)16-27-8-10-28-11-9-27/h3-7,12-13H,2,8-11,14-17H2,1H3,(H2,24,25,26). The summed E-state index contributed by atoms with van der Waals surface area (Å²) >= 11 is 0. The summed E-state index contributed by atoms with van der Waals surface area (Å²) in [5.41, 5.74) is 3.65. The van der Waals surface area contributed by atoms with Crippen LogP contribution in [0.4, 0.5) is 0 Å². The maximum atomic E-state index is 5.46. The molecule has 0 unspecified atom stereocenters. The van der Waals surface area contributed by atoms with Gasteiger partial charge in [-0.3, -0.25) is 4.90 Å². The maximum absolute atomic E-state index is 5.46. The van der Waals surface area contributed by atoms with Crippen LogP contribution in [-0.4, -0.2) is 50.5 Å². The lowest BCUT2D eigenvalue weighted by atomic mass is 10.1. The van der Waals surface area contributed by atoms with Gasteiger partial charge in [0.1, 0.15) is 0 Å². The van der Waals surface area contributed by atoms with Gasteiger partial charge in [0.25, 0.3) is 0 Å². The van der Waals surface area contributed by atoms with E-state index in [2.05, 4.69) is 46.7 Å². The molecule has 0 spiro atoms. The zero-order valence-electron chi connectivity index (χ0n) is 17.5. The van der Waals surface area contributed by atoms with Crippen molar-refractivity contribution in [2.75, 3.05) is 39.6 Å². The van der Waals surface area contributed by atoms with Crippen LogP contribution in [0.25, 0.3) is 0 Å². The second-order valence-electron chi connectivity index (χ2n) is 7.44. The molecule has 0 aromatic heterocycles. The molecule has 2 aliphatic rings. The SMILES string of the molecule is CCNC(=NCc1cccc(CN2CCOCC2)c1)NCc1ccc2c(c1)OCO2. The van der Waals surface area contributed by atoms with E-state index in [-0.39, 0.29) is 0 Å². The molecule has 4 rings (SSSR count). The first-order valence-corrected chi connectivity index (χ1v) is 10.6. The summed E-state index contributed by atoms with van der Waals surface area (Å²) < 4.78 is 16.3. The largest absolute Gasteiger partial charge is 0.454 e. The molecule has 7 heteroatoms. The van der Waals surface area contributed by atoms with Crippen molar-refractivity contribution >= 4 is 5.96 Å². The Kier molecular flexibility index (Phi) is 7.05. The van der Waals surface area contributed by atoms with Crippen LogP contribution in [0.1, 0.15) is 23.6 Å². The van der Waals surface area contributed by atoms with Gasteiger partial charge >= 0.3 is 0 Å². The molecule has 0 saturated carbocycles. The molecule has 2 aromatic carbocycles. The van der Waals surface area contributed by atoms with Crippen LogP contribution in [0.5, 0.6) is 11.5 Å². The molecular weight excluding hydrogens is 380 g/mol. The number of nitrogens with one attached hydrogen (secondary N) is 2. The molecule has 160 valence electrons. The third kappa shape index (κ3) is 5.64. The van der Waals surface area contributed by atoms with E-state index in [4.69, 9.17) is 19.2 Å². The highest BCUT2D eigenvalue weighted by Crippen LogP contribution is 2.32. The molecule has 1 fully saturated rings. The first-order valence-electron chi connectivity index (χ1n) is 10.6. The number of guanidine groups is 1. The lowest BCUT2D eigenvalue weighted by Gasteiger charge is -2.26. The number of fused-ring (bicyclic) bond motifs is 1. The van der Waals surface area contributed by atoms with Gasteiger partial charge in [-0.2, -0.15) is 0 Å². The minimum atomic E-state index is 0.293. The number of hydrogen-bond acceptors (Lipinski definition) is 5. The monoisotopic (exact) mass is 410 g/mol. The van der Waals surface area contributed by atoms with E-state index in [1.165, 1.54) is 11.1 Å². The summed E-state index contributed by atoms with van der Waals surface area (Å²) in [5.74, 6) is 2.40. The van der Waals surface area contributed by atoms with E-state index < -0.39 is 0 Å². The van der Waals surface area contributed by atoms with Crippen LogP contribution in [0, 0.1) is 0 Å². The molecule has 1 saturated heterocycles. The molecule has 2 N–H and O–H groups in total. The van der Waals surface area contributed by atoms with Crippen LogP contribution >= 0.6 is 0 Å². The fourth-order valence-electron chi connectivity index (χ4n) is 3.59. The fourth-order valence-corrected chi connectivity index (χ4v) is 3.59. The van der Waals surface area contributed by atoms with Gasteiger partial charge in [-0.15, -0.1) is 0 Å². The Labute approximate surface area is 178 Å². The number of benzene rings is 2. The second-order valence-corrected chi connectivity index (χ2v) is 7.44. The average molecular weight is 411 g/mol. The molecule has 30 heavy (non-hydrogen) atoms. The molecule has 2 heterocycles. The quantitative estimate of drug-likeness (QED) is 0.540. The van der Waals surface area contributed by atoms with Gasteiger partial charge in [-0.25, -0.2) is 4.99 Å². The minimum absolute atomic E-state index is 0.293. The fraction of sp³-hybridized carbons (Fsp3) is 0.435. The maximum Gasteiger partial charge on any atom is 0.231 e. The van der Waals surface area contributed by atoms with Crippen molar-refractivity contribution in [2.45, 2.75) is 26.6 Å². The first kappa shape index (κ1) is 20.5. The number of morpholine rings is 1. The molecular formula is C23H30N4O3. The predicted octanol–water partition coefficient (Wildman–Crippen LogP) is 2.50. The number of nitrogens with zero attached hydrogens (tertiary/aromatic N) is 2. The van der Waals surface area contributed by atoms with Gasteiger partial charge in [-0.05, 0) is 35.7 Å². The Morgan fingerprint density at radius 2 is 1.80 bits per heavy atom. The summed E-state index contributed by atoms with van der Waals surface area (Å²) in [5, 5.41) is 6.72. The summed E-state index contributed by atoms with van der Waals surface area (Å²) in [4.78, 5) is 7.20. The number of hydrogen-bond donors (Lipinski definition) is 2. The van der Waals surface area contributed by atoms with Crippen molar-refractivity contribution in [1.82, 2.24) is 15.5 Å². The normalized spacial score (nSPS) is 16.5. The van der Waals surface area contributed by atoms with Crippen LogP contribution in [0.3, 0.4) is 0 Å². The summed E-state index contributed by atoms with van der Waals surface area (Å²) in [6.07, 6.45) is 0. The van der Waals surface area contributed by atoms with Crippen molar-refractivity contribution < 1.29 is 14.2 Å². The highest BCUT2D eigenvalue weighted by Gasteiger charge is 2.13. The van der Waals surface area contributed by atoms with Gasteiger partial charge in [0.15, 0.2) is 17.5 Å². The van der Waals surface area contributed by atoms with Crippen LogP contribution in [-0.2, 0) is 24.4 Å². The third-order valence-corrected chi connectivity index (χ3v) is 5.16. The van der Waals surface area contributed by atoms with Gasteiger partial charge in [-0.1, -0.05) is 30.3 Å². The lowest BCUT2D eigenvalue weighted by molar-refractivity contribution is 0.0342. The molecule has 0 bridgehead atoms. The van der Waals surface area contributed by atoms with Gasteiger partial charge in [0.2, 0.25) is 6.79 Å². The minimum Gasteiger partial charge on any atom is -0.454 e. The highest BCUT2D eigenvalue weighted by atomic mass is 16.7. The topological polar surface area (TPSA) is 67.4 Å². The highest BCUT2D eigenvalue weighted by molar-refractivity contribution is 5.79. The zero-order valence-corrected chi connectivity index (χ0v) is 17.5. The Morgan fingerprint density at radius 3 is 2.67 bits per heavy atom. The molecule has 0 atom stereocenters. The van der Waals surface area contributed by atoms with Crippen LogP contribution < -0.4 is 20.1 Å². The molecule has 0 aliphatic carbocycles. The Morgan fingerprint density at radius 1 is 0.967 bits per heavy atom. The average Bonchev–Trinajstić information content (AvgIpc) is 3.25. The summed E-state index contributed by atoms with van der Waals surface area (Å²) in [7, 11) is 0. The Hall–Kier alpha value is -2.77. The van der Waals surface area contributed by atoms with E-state index >= 15 is 0 Å².